The number of hydrogen-bond donors (Lipinski definition) is 2. The Morgan fingerprint density at radius 3 is 2.85 bits per heavy atom. The van der Waals surface area contributed by atoms with E-state index in [0.717, 1.165) is 26.1 Å². The Kier molecular flexibility index (Phi) is 5.77. The Labute approximate surface area is 190 Å². The van der Waals surface area contributed by atoms with Crippen LogP contribution >= 0.6 is 0 Å². The predicted molar refractivity (Wildman–Crippen MR) is 124 cm³/mol. The number of aromatic nitrogens is 4. The van der Waals surface area contributed by atoms with Crippen molar-refractivity contribution in [2.45, 2.75) is 19.0 Å². The lowest BCUT2D eigenvalue weighted by Gasteiger charge is -2.17. The summed E-state index contributed by atoms with van der Waals surface area (Å²) < 4.78 is 0. The first-order valence-electron chi connectivity index (χ1n) is 10.8. The van der Waals surface area contributed by atoms with Crippen LogP contribution in [0.15, 0.2) is 73.1 Å². The summed E-state index contributed by atoms with van der Waals surface area (Å²) in [4.78, 5) is 24.0. The van der Waals surface area contributed by atoms with Gasteiger partial charge in [0.05, 0.1) is 17.0 Å². The Hall–Kier alpha value is -4.11. The minimum Gasteiger partial charge on any atom is -0.594 e. The molecule has 166 valence electrons. The summed E-state index contributed by atoms with van der Waals surface area (Å²) in [7, 11) is 0. The highest BCUT2D eigenvalue weighted by Gasteiger charge is 2.25. The van der Waals surface area contributed by atoms with Gasteiger partial charge in [-0.05, 0) is 41.1 Å². The average molecular weight is 441 g/mol. The Morgan fingerprint density at radius 2 is 2.03 bits per heavy atom. The molecule has 0 saturated carbocycles. The number of benzene rings is 2. The Balaban J connectivity index is 1.25. The molecule has 0 aliphatic carbocycles. The molecule has 4 aromatic rings. The van der Waals surface area contributed by atoms with Crippen molar-refractivity contribution in [2.24, 2.45) is 0 Å². The van der Waals surface area contributed by atoms with Crippen LogP contribution in [-0.2, 0) is 6.54 Å². The van der Waals surface area contributed by atoms with Crippen LogP contribution in [0.1, 0.15) is 22.3 Å². The predicted octanol–water partition coefficient (Wildman–Crippen LogP) is 2.41. The van der Waals surface area contributed by atoms with Crippen LogP contribution in [0.3, 0.4) is 0 Å². The molecule has 2 N–H and O–H groups in total. The smallest absolute Gasteiger partial charge is 0.295 e. The first-order valence-corrected chi connectivity index (χ1v) is 10.8. The normalized spacial score (nSPS) is 16.1. The van der Waals surface area contributed by atoms with Crippen LogP contribution < -0.4 is 15.5 Å². The van der Waals surface area contributed by atoms with Gasteiger partial charge in [0, 0.05) is 43.5 Å². The van der Waals surface area contributed by atoms with Crippen LogP contribution in [0.5, 0.6) is 0 Å². The highest BCUT2D eigenvalue weighted by molar-refractivity contribution is 5.97. The summed E-state index contributed by atoms with van der Waals surface area (Å²) in [6, 6.07) is 18.8. The molecule has 9 nitrogen and oxygen atoms in total. The fourth-order valence-electron chi connectivity index (χ4n) is 4.01. The lowest BCUT2D eigenvalue weighted by Crippen LogP contribution is -2.37. The second kappa shape index (κ2) is 9.17. The fraction of sp³-hybridized carbons (Fsp3) is 0.208. The van der Waals surface area contributed by atoms with E-state index in [1.165, 1.54) is 11.6 Å². The van der Waals surface area contributed by atoms with E-state index in [1.807, 2.05) is 18.2 Å². The third-order valence-corrected chi connectivity index (χ3v) is 5.63. The van der Waals surface area contributed by atoms with Gasteiger partial charge in [0.1, 0.15) is 5.52 Å². The number of amides is 1. The minimum absolute atomic E-state index is 0.0681. The van der Waals surface area contributed by atoms with E-state index < -0.39 is 0 Å². The van der Waals surface area contributed by atoms with Gasteiger partial charge in [0.25, 0.3) is 17.4 Å². The maximum Gasteiger partial charge on any atom is 0.295 e. The summed E-state index contributed by atoms with van der Waals surface area (Å²) in [6.07, 6.45) is 4.15. The van der Waals surface area contributed by atoms with Gasteiger partial charge in [0.2, 0.25) is 0 Å². The van der Waals surface area contributed by atoms with Crippen LogP contribution in [0.4, 0.5) is 11.6 Å². The van der Waals surface area contributed by atoms with E-state index in [2.05, 4.69) is 42.7 Å². The molecule has 3 heterocycles. The number of nitrogens with zero attached hydrogens (tertiary/aromatic N) is 5. The maximum atomic E-state index is 12.8. The van der Waals surface area contributed by atoms with E-state index in [-0.39, 0.29) is 23.4 Å². The number of carbonyl (C=O) groups is 1. The van der Waals surface area contributed by atoms with Gasteiger partial charge in [-0.15, -0.1) is 0 Å². The summed E-state index contributed by atoms with van der Waals surface area (Å²) in [6.45, 7) is 2.59. The third kappa shape index (κ3) is 4.88. The van der Waals surface area contributed by atoms with Crippen molar-refractivity contribution in [1.82, 2.24) is 25.3 Å². The zero-order chi connectivity index (χ0) is 22.6. The van der Waals surface area contributed by atoms with E-state index in [1.54, 1.807) is 36.7 Å². The molecule has 1 saturated heterocycles. The number of likely N-dealkylation sites (tertiary alicyclic amines) is 1. The standard InChI is InChI=1S/C24H23N7O2/c32-23(26-20-10-12-30(16-20)15-17-5-2-1-3-6-17)18-8-9-21-22(13-18)31(33)29-24(28-21)27-19-7-4-11-25-14-19/h1-9,11,13-14,20H,10,12,15-16H2,(H,26,32)(H,27,28,29). The van der Waals surface area contributed by atoms with E-state index in [0.29, 0.717) is 21.6 Å². The molecule has 2 aromatic carbocycles. The van der Waals surface area contributed by atoms with Gasteiger partial charge in [0.15, 0.2) is 0 Å². The fourth-order valence-corrected chi connectivity index (χ4v) is 4.01. The molecule has 9 heteroatoms. The number of hydrogen-bond acceptors (Lipinski definition) is 7. The van der Waals surface area contributed by atoms with Crippen LogP contribution in [0, 0.1) is 5.21 Å². The van der Waals surface area contributed by atoms with Crippen LogP contribution in [-0.4, -0.2) is 45.0 Å². The molecule has 5 rings (SSSR count). The van der Waals surface area contributed by atoms with Crippen molar-refractivity contribution in [3.05, 3.63) is 89.4 Å². The first kappa shape index (κ1) is 20.8. The zero-order valence-electron chi connectivity index (χ0n) is 17.9. The van der Waals surface area contributed by atoms with Crippen molar-refractivity contribution < 1.29 is 9.64 Å². The molecule has 1 aliphatic rings. The van der Waals surface area contributed by atoms with Gasteiger partial charge in [-0.1, -0.05) is 30.3 Å². The molecule has 1 atom stereocenters. The topological polar surface area (TPSA) is 110 Å². The third-order valence-electron chi connectivity index (χ3n) is 5.63. The number of fused-ring (bicyclic) bond motifs is 1. The number of nitrogens with one attached hydrogen (secondary N) is 2. The summed E-state index contributed by atoms with van der Waals surface area (Å²) in [5, 5.41) is 22.5. The molecule has 0 spiro atoms. The van der Waals surface area contributed by atoms with E-state index in [4.69, 9.17) is 0 Å². The molecule has 1 aliphatic heterocycles. The molecule has 1 unspecified atom stereocenters. The SMILES string of the molecule is O=C(NC1CCN(Cc2ccccc2)C1)c1ccc2nc(Nc3cccnc3)n[n+]([O-])c2c1. The molecule has 0 bridgehead atoms. The molecule has 0 radical (unpaired) electrons. The number of rotatable bonds is 6. The first-order chi connectivity index (χ1) is 16.1. The number of pyridine rings is 1. The summed E-state index contributed by atoms with van der Waals surface area (Å²) in [5.74, 6) is -0.0480. The molecule has 1 amide bonds. The molecular weight excluding hydrogens is 418 g/mol. The lowest BCUT2D eigenvalue weighted by atomic mass is 10.1. The highest BCUT2D eigenvalue weighted by Crippen LogP contribution is 2.17. The largest absolute Gasteiger partial charge is 0.594 e. The number of carbonyl (C=O) groups excluding carboxylic acids is 1. The second-order valence-electron chi connectivity index (χ2n) is 8.06. The number of anilines is 2. The lowest BCUT2D eigenvalue weighted by molar-refractivity contribution is -0.641. The van der Waals surface area contributed by atoms with Gasteiger partial charge in [-0.3, -0.25) is 14.7 Å². The van der Waals surface area contributed by atoms with Crippen molar-refractivity contribution >= 4 is 28.6 Å². The van der Waals surface area contributed by atoms with Gasteiger partial charge in [-0.25, -0.2) is 4.98 Å². The minimum atomic E-state index is -0.207. The van der Waals surface area contributed by atoms with Crippen molar-refractivity contribution in [2.75, 3.05) is 18.4 Å². The van der Waals surface area contributed by atoms with Gasteiger partial charge in [-0.2, -0.15) is 0 Å². The molecule has 1 fully saturated rings. The Morgan fingerprint density at radius 1 is 1.15 bits per heavy atom. The van der Waals surface area contributed by atoms with Crippen LogP contribution in [0.2, 0.25) is 0 Å². The summed E-state index contributed by atoms with van der Waals surface area (Å²) >= 11 is 0. The average Bonchev–Trinajstić information content (AvgIpc) is 3.26. The van der Waals surface area contributed by atoms with Crippen molar-refractivity contribution in [3.8, 4) is 0 Å². The summed E-state index contributed by atoms with van der Waals surface area (Å²) in [5.41, 5.74) is 3.02. The van der Waals surface area contributed by atoms with Crippen LogP contribution in [0.25, 0.3) is 11.0 Å². The van der Waals surface area contributed by atoms with Gasteiger partial charge >= 0.3 is 0 Å². The monoisotopic (exact) mass is 441 g/mol. The zero-order valence-corrected chi connectivity index (χ0v) is 17.9. The van der Waals surface area contributed by atoms with E-state index >= 15 is 0 Å². The molecule has 33 heavy (non-hydrogen) atoms. The van der Waals surface area contributed by atoms with Gasteiger partial charge < -0.3 is 15.8 Å². The Bertz CT molecular complexity index is 1270. The highest BCUT2D eigenvalue weighted by atomic mass is 16.5. The van der Waals surface area contributed by atoms with Crippen molar-refractivity contribution in [3.63, 3.8) is 0 Å². The maximum absolute atomic E-state index is 12.8. The van der Waals surface area contributed by atoms with E-state index in [9.17, 15) is 10.0 Å². The second-order valence-corrected chi connectivity index (χ2v) is 8.06. The molecular formula is C24H23N7O2. The quantitative estimate of drug-likeness (QED) is 0.349. The molecule has 2 aromatic heterocycles. The van der Waals surface area contributed by atoms with Crippen molar-refractivity contribution in [1.29, 1.82) is 0 Å².